The summed E-state index contributed by atoms with van der Waals surface area (Å²) in [5.41, 5.74) is 2.86. The summed E-state index contributed by atoms with van der Waals surface area (Å²) < 4.78 is 11.3. The molecular weight excluding hydrogens is 354 g/mol. The first-order valence-corrected chi connectivity index (χ1v) is 9.12. The molecule has 140 valence electrons. The van der Waals surface area contributed by atoms with Crippen molar-refractivity contribution in [1.82, 2.24) is 20.2 Å². The quantitative estimate of drug-likeness (QED) is 0.566. The SMILES string of the molecule is COc1ccc2c(c1)CC(c1nc(Nc3cn[nH]c3)c3ccccc3n1)CO2. The Hall–Kier alpha value is -3.61. The Balaban J connectivity index is 1.53. The highest BCUT2D eigenvalue weighted by molar-refractivity contribution is 5.90. The molecule has 3 heterocycles. The van der Waals surface area contributed by atoms with Gasteiger partial charge in [-0.25, -0.2) is 9.97 Å². The minimum atomic E-state index is 0.0640. The van der Waals surface area contributed by atoms with Crippen molar-refractivity contribution < 1.29 is 9.47 Å². The third-order valence-corrected chi connectivity index (χ3v) is 4.92. The zero-order valence-corrected chi connectivity index (χ0v) is 15.3. The van der Waals surface area contributed by atoms with E-state index in [-0.39, 0.29) is 5.92 Å². The van der Waals surface area contributed by atoms with E-state index in [1.54, 1.807) is 19.5 Å². The highest BCUT2D eigenvalue weighted by atomic mass is 16.5. The fourth-order valence-corrected chi connectivity index (χ4v) is 3.49. The van der Waals surface area contributed by atoms with E-state index in [9.17, 15) is 0 Å². The third kappa shape index (κ3) is 3.00. The number of nitrogens with zero attached hydrogens (tertiary/aromatic N) is 3. The maximum Gasteiger partial charge on any atom is 0.142 e. The lowest BCUT2D eigenvalue weighted by Gasteiger charge is -2.25. The Morgan fingerprint density at radius 3 is 2.96 bits per heavy atom. The predicted molar refractivity (Wildman–Crippen MR) is 106 cm³/mol. The van der Waals surface area contributed by atoms with E-state index in [0.29, 0.717) is 6.61 Å². The van der Waals surface area contributed by atoms with Gasteiger partial charge in [0, 0.05) is 11.6 Å². The van der Waals surface area contributed by atoms with Crippen molar-refractivity contribution in [1.29, 1.82) is 0 Å². The summed E-state index contributed by atoms with van der Waals surface area (Å²) in [5, 5.41) is 11.1. The average Bonchev–Trinajstić information content (AvgIpc) is 3.26. The van der Waals surface area contributed by atoms with Gasteiger partial charge in [-0.2, -0.15) is 5.10 Å². The molecule has 0 amide bonds. The number of H-pyrrole nitrogens is 1. The van der Waals surface area contributed by atoms with Crippen LogP contribution in [0.1, 0.15) is 17.3 Å². The van der Waals surface area contributed by atoms with Crippen LogP contribution in [0, 0.1) is 0 Å². The number of rotatable bonds is 4. The third-order valence-electron chi connectivity index (χ3n) is 4.92. The van der Waals surface area contributed by atoms with Crippen LogP contribution < -0.4 is 14.8 Å². The minimum Gasteiger partial charge on any atom is -0.497 e. The second kappa shape index (κ2) is 6.84. The summed E-state index contributed by atoms with van der Waals surface area (Å²) in [6.07, 6.45) is 4.32. The molecule has 2 N–H and O–H groups in total. The number of fused-ring (bicyclic) bond motifs is 2. The van der Waals surface area contributed by atoms with Gasteiger partial charge >= 0.3 is 0 Å². The zero-order valence-electron chi connectivity index (χ0n) is 15.3. The van der Waals surface area contributed by atoms with E-state index in [1.165, 1.54) is 0 Å². The first-order valence-electron chi connectivity index (χ1n) is 9.12. The molecule has 0 radical (unpaired) electrons. The highest BCUT2D eigenvalue weighted by Crippen LogP contribution is 2.35. The first-order chi connectivity index (χ1) is 13.8. The van der Waals surface area contributed by atoms with Crippen LogP contribution in [0.5, 0.6) is 11.5 Å². The average molecular weight is 373 g/mol. The Kier molecular flexibility index (Phi) is 4.05. The fraction of sp³-hybridized carbons (Fsp3) is 0.190. The van der Waals surface area contributed by atoms with Gasteiger partial charge in [0.2, 0.25) is 0 Å². The van der Waals surface area contributed by atoms with E-state index in [4.69, 9.17) is 19.4 Å². The number of aromatic amines is 1. The fourth-order valence-electron chi connectivity index (χ4n) is 3.49. The summed E-state index contributed by atoms with van der Waals surface area (Å²) >= 11 is 0. The lowest BCUT2D eigenvalue weighted by Crippen LogP contribution is -2.21. The predicted octanol–water partition coefficient (Wildman–Crippen LogP) is 3.82. The lowest BCUT2D eigenvalue weighted by molar-refractivity contribution is 0.257. The first kappa shape index (κ1) is 16.6. The van der Waals surface area contributed by atoms with Crippen LogP contribution in [-0.2, 0) is 6.42 Å². The second-order valence-corrected chi connectivity index (χ2v) is 6.75. The van der Waals surface area contributed by atoms with Crippen LogP contribution in [0.15, 0.2) is 54.9 Å². The smallest absolute Gasteiger partial charge is 0.142 e. The molecule has 1 atom stereocenters. The number of nitrogens with one attached hydrogen (secondary N) is 2. The molecule has 5 rings (SSSR count). The van der Waals surface area contributed by atoms with Gasteiger partial charge in [0.1, 0.15) is 23.1 Å². The number of hydrogen-bond donors (Lipinski definition) is 2. The molecule has 2 aromatic carbocycles. The monoisotopic (exact) mass is 373 g/mol. The number of ether oxygens (including phenoxy) is 2. The number of para-hydroxylation sites is 1. The van der Waals surface area contributed by atoms with Gasteiger partial charge in [0.15, 0.2) is 0 Å². The van der Waals surface area contributed by atoms with Gasteiger partial charge in [-0.3, -0.25) is 5.10 Å². The van der Waals surface area contributed by atoms with E-state index in [0.717, 1.165) is 51.7 Å². The maximum atomic E-state index is 5.98. The Morgan fingerprint density at radius 2 is 2.11 bits per heavy atom. The number of hydrogen-bond acceptors (Lipinski definition) is 6. The van der Waals surface area contributed by atoms with Crippen LogP contribution in [0.3, 0.4) is 0 Å². The normalized spacial score (nSPS) is 15.7. The van der Waals surface area contributed by atoms with Crippen LogP contribution >= 0.6 is 0 Å². The van der Waals surface area contributed by atoms with E-state index < -0.39 is 0 Å². The van der Waals surface area contributed by atoms with E-state index >= 15 is 0 Å². The summed E-state index contributed by atoms with van der Waals surface area (Å²) in [5.74, 6) is 3.31. The molecule has 2 aromatic heterocycles. The Morgan fingerprint density at radius 1 is 1.18 bits per heavy atom. The van der Waals surface area contributed by atoms with Gasteiger partial charge in [-0.05, 0) is 42.3 Å². The molecular formula is C21H19N5O2. The van der Waals surface area contributed by atoms with Crippen LogP contribution in [0.25, 0.3) is 10.9 Å². The molecule has 0 aliphatic carbocycles. The van der Waals surface area contributed by atoms with Crippen molar-refractivity contribution >= 4 is 22.4 Å². The molecule has 0 bridgehead atoms. The molecule has 4 aromatic rings. The molecule has 28 heavy (non-hydrogen) atoms. The molecule has 1 aliphatic rings. The lowest BCUT2D eigenvalue weighted by atomic mass is 9.95. The molecule has 7 heteroatoms. The van der Waals surface area contributed by atoms with Gasteiger partial charge in [-0.15, -0.1) is 0 Å². The number of benzene rings is 2. The summed E-state index contributed by atoms with van der Waals surface area (Å²) in [6.45, 7) is 0.544. The number of methoxy groups -OCH3 is 1. The minimum absolute atomic E-state index is 0.0640. The van der Waals surface area contributed by atoms with Crippen molar-refractivity contribution in [3.8, 4) is 11.5 Å². The molecule has 0 spiro atoms. The molecule has 0 saturated heterocycles. The molecule has 1 aliphatic heterocycles. The zero-order chi connectivity index (χ0) is 18.9. The largest absolute Gasteiger partial charge is 0.497 e. The summed E-state index contributed by atoms with van der Waals surface area (Å²) in [7, 11) is 1.67. The molecule has 1 unspecified atom stereocenters. The Labute approximate surface area is 161 Å². The molecule has 0 fully saturated rings. The topological polar surface area (TPSA) is 85.0 Å². The summed E-state index contributed by atoms with van der Waals surface area (Å²) in [4.78, 5) is 9.66. The van der Waals surface area contributed by atoms with Gasteiger partial charge < -0.3 is 14.8 Å². The maximum absolute atomic E-state index is 5.98. The molecule has 0 saturated carbocycles. The van der Waals surface area contributed by atoms with Crippen LogP contribution in [-0.4, -0.2) is 33.9 Å². The van der Waals surface area contributed by atoms with Crippen molar-refractivity contribution in [3.63, 3.8) is 0 Å². The van der Waals surface area contributed by atoms with Crippen molar-refractivity contribution in [2.24, 2.45) is 0 Å². The highest BCUT2D eigenvalue weighted by Gasteiger charge is 2.25. The van der Waals surface area contributed by atoms with Gasteiger partial charge in [0.25, 0.3) is 0 Å². The van der Waals surface area contributed by atoms with Crippen molar-refractivity contribution in [2.45, 2.75) is 12.3 Å². The van der Waals surface area contributed by atoms with Gasteiger partial charge in [-0.1, -0.05) is 12.1 Å². The van der Waals surface area contributed by atoms with Crippen molar-refractivity contribution in [3.05, 3.63) is 66.2 Å². The van der Waals surface area contributed by atoms with Crippen LogP contribution in [0.4, 0.5) is 11.5 Å². The van der Waals surface area contributed by atoms with Crippen LogP contribution in [0.2, 0.25) is 0 Å². The molecule has 7 nitrogen and oxygen atoms in total. The van der Waals surface area contributed by atoms with Gasteiger partial charge in [0.05, 0.1) is 37.0 Å². The Bertz CT molecular complexity index is 1130. The van der Waals surface area contributed by atoms with E-state index in [2.05, 4.69) is 15.5 Å². The summed E-state index contributed by atoms with van der Waals surface area (Å²) in [6, 6.07) is 13.9. The van der Waals surface area contributed by atoms with Crippen molar-refractivity contribution in [2.75, 3.05) is 19.0 Å². The standard InChI is InChI=1S/C21H19N5O2/c1-27-16-6-7-19-13(9-16)8-14(12-28-19)20-25-18-5-3-2-4-17(18)21(26-20)24-15-10-22-23-11-15/h2-7,9-11,14H,8,12H2,1H3,(H,22,23)(H,24,25,26). The second-order valence-electron chi connectivity index (χ2n) is 6.75. The van der Waals surface area contributed by atoms with E-state index in [1.807, 2.05) is 42.5 Å². The number of aromatic nitrogens is 4. The number of anilines is 2.